The van der Waals surface area contributed by atoms with E-state index < -0.39 is 11.9 Å². The predicted molar refractivity (Wildman–Crippen MR) is 116 cm³/mol. The SMILES string of the molecule is O=C(OC(=S)c1ccccc1OC(=O)c1ccccc1S)c1ccccc1S. The first-order valence-corrected chi connectivity index (χ1v) is 9.41. The van der Waals surface area contributed by atoms with Crippen molar-refractivity contribution in [1.29, 1.82) is 0 Å². The normalized spacial score (nSPS) is 10.2. The molecule has 0 radical (unpaired) electrons. The quantitative estimate of drug-likeness (QED) is 0.266. The molecule has 0 saturated heterocycles. The third kappa shape index (κ3) is 4.62. The summed E-state index contributed by atoms with van der Waals surface area (Å²) in [5, 5.41) is -0.107. The topological polar surface area (TPSA) is 52.6 Å². The van der Waals surface area contributed by atoms with E-state index in [1.54, 1.807) is 72.8 Å². The number of hydrogen-bond acceptors (Lipinski definition) is 7. The highest BCUT2D eigenvalue weighted by molar-refractivity contribution is 7.80. The highest BCUT2D eigenvalue weighted by Crippen LogP contribution is 2.24. The average molecular weight is 427 g/mol. The third-order valence-corrected chi connectivity index (χ3v) is 4.83. The van der Waals surface area contributed by atoms with Crippen LogP contribution >= 0.6 is 37.5 Å². The molecule has 3 aromatic carbocycles. The van der Waals surface area contributed by atoms with Gasteiger partial charge in [-0.3, -0.25) is 0 Å². The molecule has 4 nitrogen and oxygen atoms in total. The van der Waals surface area contributed by atoms with E-state index >= 15 is 0 Å². The Kier molecular flexibility index (Phi) is 6.51. The average Bonchev–Trinajstić information content (AvgIpc) is 2.68. The van der Waals surface area contributed by atoms with Crippen LogP contribution in [-0.4, -0.2) is 17.0 Å². The molecular formula is C21H14O4S3. The summed E-state index contributed by atoms with van der Waals surface area (Å²) in [7, 11) is 0. The van der Waals surface area contributed by atoms with Crippen molar-refractivity contribution in [2.24, 2.45) is 0 Å². The fourth-order valence-corrected chi connectivity index (χ4v) is 3.11. The van der Waals surface area contributed by atoms with Crippen molar-refractivity contribution >= 4 is 54.5 Å². The van der Waals surface area contributed by atoms with Crippen LogP contribution in [0.4, 0.5) is 0 Å². The summed E-state index contributed by atoms with van der Waals surface area (Å²) in [6.07, 6.45) is 0. The lowest BCUT2D eigenvalue weighted by molar-refractivity contribution is 0.0720. The molecule has 0 saturated carbocycles. The highest BCUT2D eigenvalue weighted by atomic mass is 32.1. The number of thiocarbonyl (C=S) groups is 1. The lowest BCUT2D eigenvalue weighted by Crippen LogP contribution is -2.16. The number of hydrogen-bond donors (Lipinski definition) is 2. The molecule has 0 aliphatic heterocycles. The van der Waals surface area contributed by atoms with E-state index in [0.717, 1.165) is 0 Å². The molecule has 0 heterocycles. The van der Waals surface area contributed by atoms with Gasteiger partial charge in [0, 0.05) is 9.79 Å². The van der Waals surface area contributed by atoms with Gasteiger partial charge in [0.25, 0.3) is 0 Å². The van der Waals surface area contributed by atoms with E-state index in [4.69, 9.17) is 21.7 Å². The lowest BCUT2D eigenvalue weighted by atomic mass is 10.2. The maximum atomic E-state index is 12.5. The maximum Gasteiger partial charge on any atom is 0.345 e. The molecule has 0 amide bonds. The molecule has 0 fully saturated rings. The molecule has 0 atom stereocenters. The van der Waals surface area contributed by atoms with Gasteiger partial charge in [-0.2, -0.15) is 0 Å². The molecule has 0 aromatic heterocycles. The van der Waals surface area contributed by atoms with E-state index in [1.165, 1.54) is 0 Å². The molecule has 28 heavy (non-hydrogen) atoms. The summed E-state index contributed by atoms with van der Waals surface area (Å²) in [5.41, 5.74) is 0.909. The van der Waals surface area contributed by atoms with Crippen molar-refractivity contribution in [1.82, 2.24) is 0 Å². The van der Waals surface area contributed by atoms with Gasteiger partial charge in [-0.1, -0.05) is 36.4 Å². The Morgan fingerprint density at radius 3 is 1.71 bits per heavy atom. The summed E-state index contributed by atoms with van der Waals surface area (Å²) < 4.78 is 10.8. The standard InChI is InChI=1S/C21H14O4S3/c22-19(14-8-2-5-11-17(14)26)24-16-10-4-1-7-13(16)21(28)25-20(23)15-9-3-6-12-18(15)27/h1-12,26-27H. The zero-order valence-corrected chi connectivity index (χ0v) is 17.0. The summed E-state index contributed by atoms with van der Waals surface area (Å²) in [4.78, 5) is 25.8. The molecule has 140 valence electrons. The minimum atomic E-state index is -0.641. The summed E-state index contributed by atoms with van der Waals surface area (Å²) in [6, 6.07) is 20.1. The molecule has 3 aromatic rings. The van der Waals surface area contributed by atoms with Crippen LogP contribution in [0.1, 0.15) is 26.3 Å². The van der Waals surface area contributed by atoms with Crippen molar-refractivity contribution in [3.63, 3.8) is 0 Å². The zero-order valence-electron chi connectivity index (χ0n) is 14.4. The molecule has 0 aliphatic rings. The number of thiol groups is 2. The van der Waals surface area contributed by atoms with Crippen molar-refractivity contribution in [3.05, 3.63) is 89.5 Å². The van der Waals surface area contributed by atoms with Gasteiger partial charge in [0.15, 0.2) is 0 Å². The Bertz CT molecular complexity index is 1060. The van der Waals surface area contributed by atoms with Crippen LogP contribution in [0.3, 0.4) is 0 Å². The summed E-state index contributed by atoms with van der Waals surface area (Å²) >= 11 is 13.8. The van der Waals surface area contributed by atoms with Crippen LogP contribution in [0, 0.1) is 0 Å². The number of carbonyl (C=O) groups excluding carboxylic acids is 2. The first-order valence-electron chi connectivity index (χ1n) is 8.11. The Balaban J connectivity index is 1.81. The monoisotopic (exact) mass is 426 g/mol. The van der Waals surface area contributed by atoms with Crippen LogP contribution < -0.4 is 4.74 Å². The Morgan fingerprint density at radius 2 is 1.14 bits per heavy atom. The second-order valence-corrected chi connectivity index (χ2v) is 6.93. The minimum Gasteiger partial charge on any atom is -0.422 e. The van der Waals surface area contributed by atoms with Crippen molar-refractivity contribution in [2.75, 3.05) is 0 Å². The van der Waals surface area contributed by atoms with Crippen LogP contribution in [0.2, 0.25) is 0 Å². The van der Waals surface area contributed by atoms with Crippen LogP contribution in [-0.2, 0) is 4.74 Å². The van der Waals surface area contributed by atoms with Gasteiger partial charge >= 0.3 is 11.9 Å². The number of esters is 2. The van der Waals surface area contributed by atoms with Gasteiger partial charge in [0.05, 0.1) is 16.7 Å². The minimum absolute atomic E-state index is 0.107. The number of para-hydroxylation sites is 1. The molecule has 0 bridgehead atoms. The number of ether oxygens (including phenoxy) is 2. The van der Waals surface area contributed by atoms with Gasteiger partial charge in [0.1, 0.15) is 5.75 Å². The van der Waals surface area contributed by atoms with Gasteiger partial charge in [0.2, 0.25) is 5.05 Å². The van der Waals surface area contributed by atoms with Crippen LogP contribution in [0.5, 0.6) is 5.75 Å². The van der Waals surface area contributed by atoms with E-state index in [2.05, 4.69) is 25.3 Å². The molecule has 7 heteroatoms. The van der Waals surface area contributed by atoms with Crippen molar-refractivity contribution in [2.45, 2.75) is 9.79 Å². The molecule has 0 N–H and O–H groups in total. The van der Waals surface area contributed by atoms with Gasteiger partial charge < -0.3 is 9.47 Å². The molecular weight excluding hydrogens is 412 g/mol. The van der Waals surface area contributed by atoms with E-state index in [-0.39, 0.29) is 16.4 Å². The zero-order chi connectivity index (χ0) is 20.1. The fourth-order valence-electron chi connectivity index (χ4n) is 2.37. The Hall–Kier alpha value is -2.61. The highest BCUT2D eigenvalue weighted by Gasteiger charge is 2.19. The first-order chi connectivity index (χ1) is 13.5. The predicted octanol–water partition coefficient (Wildman–Crippen LogP) is 5.02. The van der Waals surface area contributed by atoms with Gasteiger partial charge in [-0.25, -0.2) is 9.59 Å². The van der Waals surface area contributed by atoms with E-state index in [1.807, 2.05) is 0 Å². The van der Waals surface area contributed by atoms with E-state index in [9.17, 15) is 9.59 Å². The van der Waals surface area contributed by atoms with Crippen LogP contribution in [0.15, 0.2) is 82.6 Å². The molecule has 0 spiro atoms. The van der Waals surface area contributed by atoms with Crippen molar-refractivity contribution in [3.8, 4) is 5.75 Å². The van der Waals surface area contributed by atoms with Gasteiger partial charge in [-0.05, 0) is 48.6 Å². The molecule has 0 aliphatic carbocycles. The smallest absolute Gasteiger partial charge is 0.345 e. The number of rotatable bonds is 4. The fraction of sp³-hybridized carbons (Fsp3) is 0. The number of carbonyl (C=O) groups is 2. The number of benzene rings is 3. The second kappa shape index (κ2) is 9.05. The van der Waals surface area contributed by atoms with Crippen LogP contribution in [0.25, 0.3) is 0 Å². The lowest BCUT2D eigenvalue weighted by Gasteiger charge is -2.12. The summed E-state index contributed by atoms with van der Waals surface area (Å²) in [5.74, 6) is -1.05. The second-order valence-electron chi connectivity index (χ2n) is 5.60. The first kappa shape index (κ1) is 20.1. The van der Waals surface area contributed by atoms with Gasteiger partial charge in [-0.15, -0.1) is 25.3 Å². The largest absolute Gasteiger partial charge is 0.422 e. The third-order valence-electron chi connectivity index (χ3n) is 3.74. The maximum absolute atomic E-state index is 12.5. The van der Waals surface area contributed by atoms with E-state index in [0.29, 0.717) is 20.9 Å². The Morgan fingerprint density at radius 1 is 0.679 bits per heavy atom. The van der Waals surface area contributed by atoms with Crippen molar-refractivity contribution < 1.29 is 19.1 Å². The molecule has 3 rings (SSSR count). The Labute approximate surface area is 178 Å². The molecule has 0 unspecified atom stereocenters. The summed E-state index contributed by atoms with van der Waals surface area (Å²) in [6.45, 7) is 0.